The zero-order valence-electron chi connectivity index (χ0n) is 21.8. The number of aryl methyl sites for hydroxylation is 1. The van der Waals surface area contributed by atoms with E-state index in [1.807, 2.05) is 110 Å². The molecule has 4 aromatic rings. The molecule has 2 aliphatic rings. The molecule has 1 unspecified atom stereocenters. The predicted octanol–water partition coefficient (Wildman–Crippen LogP) is 5.52. The van der Waals surface area contributed by atoms with E-state index in [1.54, 1.807) is 12.0 Å². The Morgan fingerprint density at radius 1 is 0.923 bits per heavy atom. The van der Waals surface area contributed by atoms with Crippen LogP contribution in [0.25, 0.3) is 0 Å². The van der Waals surface area contributed by atoms with Crippen LogP contribution in [-0.2, 0) is 16.9 Å². The lowest BCUT2D eigenvalue weighted by Gasteiger charge is -2.31. The molecule has 2 aliphatic heterocycles. The summed E-state index contributed by atoms with van der Waals surface area (Å²) in [6, 6.07) is 30.7. The van der Waals surface area contributed by atoms with Crippen molar-refractivity contribution in [1.82, 2.24) is 5.32 Å². The van der Waals surface area contributed by atoms with Crippen LogP contribution in [0.2, 0.25) is 0 Å². The van der Waals surface area contributed by atoms with Crippen LogP contribution in [0.3, 0.4) is 0 Å². The standard InChI is InChI=1S/C32H29N3O4/c1-21-15-17-23(18-16-21)29-30(35(37)38)28(24-11-8-12-25(19-24)39-2)32(33-29)26-13-6-7-14-27(26)34(31(32)36)20-22-9-4-3-5-10-22/h3-19,28-30,33H,20H2,1-2H3/t28-,29+,30+,32?/m1/s1. The number of nitrogens with zero attached hydrogens (tertiary/aromatic N) is 2. The van der Waals surface area contributed by atoms with Crippen LogP contribution in [0.15, 0.2) is 103 Å². The fourth-order valence-corrected chi connectivity index (χ4v) is 6.29. The number of anilines is 1. The van der Waals surface area contributed by atoms with Crippen molar-refractivity contribution >= 4 is 11.6 Å². The number of carbonyl (C=O) groups is 1. The number of benzene rings is 4. The van der Waals surface area contributed by atoms with E-state index in [9.17, 15) is 14.9 Å². The molecule has 0 radical (unpaired) electrons. The van der Waals surface area contributed by atoms with Gasteiger partial charge in [-0.05, 0) is 41.8 Å². The number of carbonyl (C=O) groups excluding carboxylic acids is 1. The minimum atomic E-state index is -1.34. The fraction of sp³-hybridized carbons (Fsp3) is 0.219. The van der Waals surface area contributed by atoms with Crippen molar-refractivity contribution in [3.63, 3.8) is 0 Å². The second-order valence-electron chi connectivity index (χ2n) is 10.3. The molecule has 4 atom stereocenters. The number of ether oxygens (including phenoxy) is 1. The number of amides is 1. The summed E-state index contributed by atoms with van der Waals surface area (Å²) in [4.78, 5) is 29.2. The van der Waals surface area contributed by atoms with Crippen molar-refractivity contribution in [2.24, 2.45) is 0 Å². The highest BCUT2D eigenvalue weighted by Crippen LogP contribution is 2.57. The lowest BCUT2D eigenvalue weighted by Crippen LogP contribution is -2.50. The molecule has 39 heavy (non-hydrogen) atoms. The van der Waals surface area contributed by atoms with Gasteiger partial charge in [-0.3, -0.25) is 20.2 Å². The number of nitrogens with one attached hydrogen (secondary N) is 1. The van der Waals surface area contributed by atoms with Crippen molar-refractivity contribution in [1.29, 1.82) is 0 Å². The largest absolute Gasteiger partial charge is 0.497 e. The van der Waals surface area contributed by atoms with E-state index in [4.69, 9.17) is 4.74 Å². The first-order valence-corrected chi connectivity index (χ1v) is 13.0. The van der Waals surface area contributed by atoms with E-state index in [-0.39, 0.29) is 10.8 Å². The molecule has 0 bridgehead atoms. The molecule has 7 nitrogen and oxygen atoms in total. The molecule has 0 aromatic heterocycles. The van der Waals surface area contributed by atoms with E-state index in [0.29, 0.717) is 17.9 Å². The molecule has 1 saturated heterocycles. The molecule has 0 saturated carbocycles. The van der Waals surface area contributed by atoms with Gasteiger partial charge in [0, 0.05) is 16.2 Å². The van der Waals surface area contributed by atoms with Crippen molar-refractivity contribution in [3.05, 3.63) is 141 Å². The number of fused-ring (bicyclic) bond motifs is 2. The Morgan fingerprint density at radius 2 is 1.64 bits per heavy atom. The first-order valence-electron chi connectivity index (χ1n) is 13.0. The quantitative estimate of drug-likeness (QED) is 0.268. The minimum Gasteiger partial charge on any atom is -0.497 e. The highest BCUT2D eigenvalue weighted by Gasteiger charge is 2.68. The molecule has 196 valence electrons. The Bertz CT molecular complexity index is 1540. The van der Waals surface area contributed by atoms with Crippen molar-refractivity contribution < 1.29 is 14.5 Å². The molecular weight excluding hydrogens is 490 g/mol. The molecule has 1 amide bonds. The number of hydrogen-bond donors (Lipinski definition) is 1. The third-order valence-electron chi connectivity index (χ3n) is 8.05. The molecule has 4 aromatic carbocycles. The monoisotopic (exact) mass is 519 g/mol. The highest BCUT2D eigenvalue weighted by atomic mass is 16.6. The van der Waals surface area contributed by atoms with E-state index in [2.05, 4.69) is 5.32 Å². The first kappa shape index (κ1) is 24.8. The second-order valence-corrected chi connectivity index (χ2v) is 10.3. The average molecular weight is 520 g/mol. The number of hydrogen-bond acceptors (Lipinski definition) is 5. The summed E-state index contributed by atoms with van der Waals surface area (Å²) in [7, 11) is 1.57. The van der Waals surface area contributed by atoms with Gasteiger partial charge in [0.05, 0.1) is 19.6 Å². The van der Waals surface area contributed by atoms with Crippen LogP contribution in [-0.4, -0.2) is 24.0 Å². The Kier molecular flexibility index (Phi) is 6.16. The molecule has 0 aliphatic carbocycles. The molecular formula is C32H29N3O4. The van der Waals surface area contributed by atoms with Gasteiger partial charge in [0.2, 0.25) is 6.04 Å². The normalized spacial score (nSPS) is 23.7. The van der Waals surface area contributed by atoms with Gasteiger partial charge in [-0.1, -0.05) is 90.5 Å². The summed E-state index contributed by atoms with van der Waals surface area (Å²) in [5.41, 5.74) is 3.67. The maximum absolute atomic E-state index is 14.7. The summed E-state index contributed by atoms with van der Waals surface area (Å²) < 4.78 is 5.50. The predicted molar refractivity (Wildman–Crippen MR) is 149 cm³/mol. The summed E-state index contributed by atoms with van der Waals surface area (Å²) in [5.74, 6) is -0.395. The van der Waals surface area contributed by atoms with Gasteiger partial charge in [0.1, 0.15) is 17.3 Å². The Morgan fingerprint density at radius 3 is 2.36 bits per heavy atom. The first-order chi connectivity index (χ1) is 18.9. The SMILES string of the molecule is COc1cccc([C@@H]2[C@H]([N+](=O)[O-])[C@H](c3ccc(C)cc3)NC23C(=O)N(Cc2ccccc2)c2ccccc23)c1. The van der Waals surface area contributed by atoms with E-state index < -0.39 is 23.5 Å². The van der Waals surface area contributed by atoms with Gasteiger partial charge in [0.15, 0.2) is 0 Å². The topological polar surface area (TPSA) is 84.7 Å². The molecule has 6 rings (SSSR count). The van der Waals surface area contributed by atoms with Crippen LogP contribution in [0.5, 0.6) is 5.75 Å². The highest BCUT2D eigenvalue weighted by molar-refractivity contribution is 6.09. The Balaban J connectivity index is 1.58. The number of rotatable bonds is 6. The van der Waals surface area contributed by atoms with E-state index >= 15 is 0 Å². The molecule has 1 N–H and O–H groups in total. The third-order valence-corrected chi connectivity index (χ3v) is 8.05. The van der Waals surface area contributed by atoms with Gasteiger partial charge in [-0.25, -0.2) is 0 Å². The second kappa shape index (κ2) is 9.67. The fourth-order valence-electron chi connectivity index (χ4n) is 6.29. The van der Waals surface area contributed by atoms with Gasteiger partial charge in [-0.15, -0.1) is 0 Å². The van der Waals surface area contributed by atoms with Crippen LogP contribution in [0.1, 0.15) is 39.8 Å². The summed E-state index contributed by atoms with van der Waals surface area (Å²) >= 11 is 0. The van der Waals surface area contributed by atoms with Crippen LogP contribution in [0, 0.1) is 17.0 Å². The van der Waals surface area contributed by atoms with Gasteiger partial charge in [0.25, 0.3) is 5.91 Å². The molecule has 2 heterocycles. The lowest BCUT2D eigenvalue weighted by molar-refractivity contribution is -0.527. The Hall–Kier alpha value is -4.49. The van der Waals surface area contributed by atoms with Gasteiger partial charge < -0.3 is 9.64 Å². The van der Waals surface area contributed by atoms with Gasteiger partial charge >= 0.3 is 0 Å². The van der Waals surface area contributed by atoms with Crippen molar-refractivity contribution in [2.45, 2.75) is 37.0 Å². The summed E-state index contributed by atoms with van der Waals surface area (Å²) in [6.07, 6.45) is 0. The maximum atomic E-state index is 14.7. The van der Waals surface area contributed by atoms with Crippen molar-refractivity contribution in [3.8, 4) is 5.75 Å². The van der Waals surface area contributed by atoms with Crippen molar-refractivity contribution in [2.75, 3.05) is 12.0 Å². The molecule has 1 fully saturated rings. The molecule has 7 heteroatoms. The van der Waals surface area contributed by atoms with Crippen LogP contribution in [0.4, 0.5) is 5.69 Å². The third kappa shape index (κ3) is 3.97. The lowest BCUT2D eigenvalue weighted by atomic mass is 9.74. The minimum absolute atomic E-state index is 0.193. The zero-order chi connectivity index (χ0) is 27.1. The van der Waals surface area contributed by atoms with E-state index in [1.165, 1.54) is 0 Å². The zero-order valence-corrected chi connectivity index (χ0v) is 21.8. The number of methoxy groups -OCH3 is 1. The van der Waals surface area contributed by atoms with E-state index in [0.717, 1.165) is 27.9 Å². The Labute approximate surface area is 227 Å². The smallest absolute Gasteiger partial charge is 0.253 e. The van der Waals surface area contributed by atoms with Crippen LogP contribution < -0.4 is 15.0 Å². The average Bonchev–Trinajstić information content (AvgIpc) is 3.44. The summed E-state index contributed by atoms with van der Waals surface area (Å²) in [5, 5.41) is 16.5. The maximum Gasteiger partial charge on any atom is 0.253 e. The number of para-hydroxylation sites is 1. The van der Waals surface area contributed by atoms with Crippen LogP contribution >= 0.6 is 0 Å². The molecule has 1 spiro atoms. The van der Waals surface area contributed by atoms with Gasteiger partial charge in [-0.2, -0.15) is 0 Å². The summed E-state index contributed by atoms with van der Waals surface area (Å²) in [6.45, 7) is 2.35. The number of nitro groups is 1.